The molecule has 0 aromatic carbocycles. The van der Waals surface area contributed by atoms with Crippen molar-refractivity contribution in [1.29, 1.82) is 0 Å². The van der Waals surface area contributed by atoms with Crippen molar-refractivity contribution < 1.29 is 17.7 Å². The average molecular weight is 303 g/mol. The number of morpholine rings is 1. The monoisotopic (exact) mass is 303 g/mol. The van der Waals surface area contributed by atoms with Gasteiger partial charge in [-0.1, -0.05) is 5.16 Å². The minimum atomic E-state index is -3.60. The zero-order valence-corrected chi connectivity index (χ0v) is 13.1. The first kappa shape index (κ1) is 15.4. The maximum atomic E-state index is 12.5. The van der Waals surface area contributed by atoms with Gasteiger partial charge in [-0.3, -0.25) is 0 Å². The third-order valence-electron chi connectivity index (χ3n) is 3.44. The van der Waals surface area contributed by atoms with Crippen LogP contribution in [0.25, 0.3) is 0 Å². The second kappa shape index (κ2) is 5.80. The summed E-state index contributed by atoms with van der Waals surface area (Å²) >= 11 is 0. The van der Waals surface area contributed by atoms with Gasteiger partial charge in [0.15, 0.2) is 5.76 Å². The Morgan fingerprint density at radius 3 is 2.70 bits per heavy atom. The number of likely N-dealkylation sites (N-methyl/N-ethyl adjacent to an activating group) is 2. The third-order valence-corrected chi connectivity index (χ3v) is 5.51. The molecule has 0 amide bonds. The summed E-state index contributed by atoms with van der Waals surface area (Å²) in [5, 5.41) is 3.70. The summed E-state index contributed by atoms with van der Waals surface area (Å²) in [5.74, 6) is 0.316. The van der Waals surface area contributed by atoms with E-state index in [2.05, 4.69) is 10.1 Å². The summed E-state index contributed by atoms with van der Waals surface area (Å²) < 4.78 is 37.0. The number of sulfonamides is 1. The normalized spacial score (nSPS) is 21.6. The van der Waals surface area contributed by atoms with Gasteiger partial charge in [-0.25, -0.2) is 8.42 Å². The van der Waals surface area contributed by atoms with Crippen LogP contribution in [-0.2, 0) is 14.8 Å². The summed E-state index contributed by atoms with van der Waals surface area (Å²) in [6, 6.07) is 0. The fraction of sp³-hybridized carbons (Fsp3) is 0.750. The predicted molar refractivity (Wildman–Crippen MR) is 73.0 cm³/mol. The molecule has 0 bridgehead atoms. The van der Waals surface area contributed by atoms with Crippen molar-refractivity contribution in [3.63, 3.8) is 0 Å². The van der Waals surface area contributed by atoms with Crippen LogP contribution in [0.2, 0.25) is 0 Å². The molecule has 1 aliphatic heterocycles. The molecule has 1 unspecified atom stereocenters. The number of hydrogen-bond donors (Lipinski definition) is 0. The van der Waals surface area contributed by atoms with Crippen molar-refractivity contribution in [2.24, 2.45) is 0 Å². The van der Waals surface area contributed by atoms with Crippen LogP contribution in [0.15, 0.2) is 9.42 Å². The number of hydrogen-bond acceptors (Lipinski definition) is 6. The Kier molecular flexibility index (Phi) is 4.48. The summed E-state index contributed by atoms with van der Waals surface area (Å²) in [6.07, 6.45) is -0.117. The maximum Gasteiger partial charge on any atom is 0.248 e. The van der Waals surface area contributed by atoms with E-state index in [0.717, 1.165) is 13.1 Å². The van der Waals surface area contributed by atoms with Crippen LogP contribution >= 0.6 is 0 Å². The van der Waals surface area contributed by atoms with Gasteiger partial charge in [-0.15, -0.1) is 0 Å². The second-order valence-electron chi connectivity index (χ2n) is 5.19. The molecule has 1 aromatic heterocycles. The van der Waals surface area contributed by atoms with Gasteiger partial charge in [0.05, 0.1) is 12.7 Å². The highest BCUT2D eigenvalue weighted by molar-refractivity contribution is 7.89. The molecule has 7 nitrogen and oxygen atoms in total. The lowest BCUT2D eigenvalue weighted by Gasteiger charge is -2.32. The Morgan fingerprint density at radius 1 is 1.45 bits per heavy atom. The van der Waals surface area contributed by atoms with Crippen molar-refractivity contribution >= 4 is 10.0 Å². The molecule has 0 radical (unpaired) electrons. The van der Waals surface area contributed by atoms with Crippen molar-refractivity contribution in [2.45, 2.75) is 24.8 Å². The largest absolute Gasteiger partial charge is 0.374 e. The average Bonchev–Trinajstić information content (AvgIpc) is 2.69. The Morgan fingerprint density at radius 2 is 2.15 bits per heavy atom. The Bertz CT molecular complexity index is 550. The van der Waals surface area contributed by atoms with Crippen LogP contribution in [-0.4, -0.2) is 69.2 Å². The van der Waals surface area contributed by atoms with Gasteiger partial charge < -0.3 is 14.2 Å². The predicted octanol–water partition coefficient (Wildman–Crippen LogP) is 0.243. The number of nitrogens with zero attached hydrogens (tertiary/aromatic N) is 3. The lowest BCUT2D eigenvalue weighted by Crippen LogP contribution is -2.46. The fourth-order valence-corrected chi connectivity index (χ4v) is 3.85. The SMILES string of the molecule is Cc1noc(C)c1S(=O)(=O)N(C)CC1CN(C)CCO1. The summed E-state index contributed by atoms with van der Waals surface area (Å²) in [6.45, 7) is 5.77. The van der Waals surface area contributed by atoms with E-state index in [4.69, 9.17) is 9.26 Å². The van der Waals surface area contributed by atoms with E-state index in [1.165, 1.54) is 4.31 Å². The molecule has 20 heavy (non-hydrogen) atoms. The second-order valence-corrected chi connectivity index (χ2v) is 7.18. The lowest BCUT2D eigenvalue weighted by molar-refractivity contribution is -0.0247. The topological polar surface area (TPSA) is 75.9 Å². The molecule has 0 N–H and O–H groups in total. The van der Waals surface area contributed by atoms with Gasteiger partial charge in [0.25, 0.3) is 0 Å². The Balaban J connectivity index is 2.13. The van der Waals surface area contributed by atoms with Crippen molar-refractivity contribution in [3.8, 4) is 0 Å². The quantitative estimate of drug-likeness (QED) is 0.793. The molecule has 8 heteroatoms. The van der Waals surface area contributed by atoms with E-state index in [0.29, 0.717) is 24.6 Å². The molecule has 1 atom stereocenters. The first-order valence-electron chi connectivity index (χ1n) is 6.51. The zero-order chi connectivity index (χ0) is 14.9. The van der Waals surface area contributed by atoms with Gasteiger partial charge in [-0.2, -0.15) is 4.31 Å². The Labute approximate surface area is 119 Å². The minimum Gasteiger partial charge on any atom is -0.374 e. The number of ether oxygens (including phenoxy) is 1. The van der Waals surface area contributed by atoms with Gasteiger partial charge in [0.2, 0.25) is 10.0 Å². The summed E-state index contributed by atoms with van der Waals surface area (Å²) in [4.78, 5) is 2.29. The van der Waals surface area contributed by atoms with Crippen LogP contribution in [0.1, 0.15) is 11.5 Å². The third kappa shape index (κ3) is 3.03. The van der Waals surface area contributed by atoms with Crippen molar-refractivity contribution in [3.05, 3.63) is 11.5 Å². The van der Waals surface area contributed by atoms with Crippen molar-refractivity contribution in [2.75, 3.05) is 40.3 Å². The highest BCUT2D eigenvalue weighted by Crippen LogP contribution is 2.22. The van der Waals surface area contributed by atoms with Gasteiger partial charge >= 0.3 is 0 Å². The smallest absolute Gasteiger partial charge is 0.248 e. The highest BCUT2D eigenvalue weighted by atomic mass is 32.2. The van der Waals surface area contributed by atoms with E-state index >= 15 is 0 Å². The summed E-state index contributed by atoms with van der Waals surface area (Å²) in [7, 11) is -0.0422. The standard InChI is InChI=1S/C12H21N3O4S/c1-9-12(10(2)19-13-9)20(16,17)15(4)8-11-7-14(3)5-6-18-11/h11H,5-8H2,1-4H3. The van der Waals surface area contributed by atoms with E-state index in [-0.39, 0.29) is 11.0 Å². The van der Waals surface area contributed by atoms with Gasteiger partial charge in [0, 0.05) is 26.7 Å². The van der Waals surface area contributed by atoms with Gasteiger partial charge in [-0.05, 0) is 20.9 Å². The van der Waals surface area contributed by atoms with Gasteiger partial charge in [0.1, 0.15) is 10.6 Å². The Hall–Kier alpha value is -0.960. The van der Waals surface area contributed by atoms with E-state index in [9.17, 15) is 8.42 Å². The van der Waals surface area contributed by atoms with E-state index < -0.39 is 10.0 Å². The van der Waals surface area contributed by atoms with Crippen LogP contribution < -0.4 is 0 Å². The molecule has 0 aliphatic carbocycles. The molecule has 1 fully saturated rings. The molecular weight excluding hydrogens is 282 g/mol. The zero-order valence-electron chi connectivity index (χ0n) is 12.3. The van der Waals surface area contributed by atoms with E-state index in [1.807, 2.05) is 7.05 Å². The molecule has 1 aromatic rings. The van der Waals surface area contributed by atoms with Crippen LogP contribution in [0.4, 0.5) is 0 Å². The van der Waals surface area contributed by atoms with Crippen molar-refractivity contribution in [1.82, 2.24) is 14.4 Å². The number of aryl methyl sites for hydroxylation is 2. The molecule has 0 spiro atoms. The van der Waals surface area contributed by atoms with Crippen LogP contribution in [0.5, 0.6) is 0 Å². The van der Waals surface area contributed by atoms with Crippen LogP contribution in [0.3, 0.4) is 0 Å². The fourth-order valence-electron chi connectivity index (χ4n) is 2.36. The number of aromatic nitrogens is 1. The van der Waals surface area contributed by atoms with E-state index in [1.54, 1.807) is 20.9 Å². The molecule has 1 aliphatic rings. The molecule has 114 valence electrons. The molecule has 2 heterocycles. The molecule has 2 rings (SSSR count). The lowest BCUT2D eigenvalue weighted by atomic mass is 10.3. The summed E-state index contributed by atoms with van der Waals surface area (Å²) in [5.41, 5.74) is 0.385. The maximum absolute atomic E-state index is 12.5. The molecule has 0 saturated carbocycles. The van der Waals surface area contributed by atoms with Crippen LogP contribution in [0, 0.1) is 13.8 Å². The number of rotatable bonds is 4. The first-order chi connectivity index (χ1) is 9.32. The minimum absolute atomic E-state index is 0.117. The first-order valence-corrected chi connectivity index (χ1v) is 7.95. The molecular formula is C12H21N3O4S. The highest BCUT2D eigenvalue weighted by Gasteiger charge is 2.31. The molecule has 1 saturated heterocycles.